The zero-order valence-electron chi connectivity index (χ0n) is 8.55. The molecule has 0 spiro atoms. The number of amides is 1. The summed E-state index contributed by atoms with van der Waals surface area (Å²) in [6.07, 6.45) is 3.34. The van der Waals surface area contributed by atoms with Crippen molar-refractivity contribution in [1.82, 2.24) is 4.98 Å². The molecule has 2 rings (SSSR count). The van der Waals surface area contributed by atoms with Gasteiger partial charge in [-0.3, -0.25) is 9.78 Å². The average molecular weight is 297 g/mol. The summed E-state index contributed by atoms with van der Waals surface area (Å²) in [6, 6.07) is 5.43. The van der Waals surface area contributed by atoms with Gasteiger partial charge in [-0.1, -0.05) is 0 Å². The van der Waals surface area contributed by atoms with E-state index in [1.54, 1.807) is 36.5 Å². The Morgan fingerprint density at radius 3 is 2.69 bits per heavy atom. The van der Waals surface area contributed by atoms with Crippen LogP contribution >= 0.6 is 27.3 Å². The van der Waals surface area contributed by atoms with Crippen molar-refractivity contribution < 1.29 is 4.79 Å². The topological polar surface area (TPSA) is 33.2 Å². The van der Waals surface area contributed by atoms with E-state index in [2.05, 4.69) is 20.9 Å². The van der Waals surface area contributed by atoms with E-state index in [0.717, 1.165) is 9.47 Å². The van der Waals surface area contributed by atoms with Crippen molar-refractivity contribution in [2.75, 3.05) is 11.9 Å². The van der Waals surface area contributed by atoms with E-state index >= 15 is 0 Å². The molecule has 3 nitrogen and oxygen atoms in total. The highest BCUT2D eigenvalue weighted by Crippen LogP contribution is 2.23. The van der Waals surface area contributed by atoms with Gasteiger partial charge in [0, 0.05) is 30.5 Å². The Bertz CT molecular complexity index is 498. The fourth-order valence-corrected chi connectivity index (χ4v) is 2.43. The lowest BCUT2D eigenvalue weighted by Gasteiger charge is -2.15. The SMILES string of the molecule is CN(C(=O)c1csc(Br)c1)c1ccncc1. The van der Waals surface area contributed by atoms with Crippen LogP contribution in [-0.2, 0) is 0 Å². The molecule has 0 saturated heterocycles. The van der Waals surface area contributed by atoms with Crippen LogP contribution in [-0.4, -0.2) is 17.9 Å². The minimum absolute atomic E-state index is 0.0202. The molecule has 0 N–H and O–H groups in total. The molecular weight excluding hydrogens is 288 g/mol. The number of anilines is 1. The van der Waals surface area contributed by atoms with Gasteiger partial charge in [-0.25, -0.2) is 0 Å². The molecule has 1 amide bonds. The van der Waals surface area contributed by atoms with Crippen LogP contribution < -0.4 is 4.90 Å². The molecule has 0 aliphatic carbocycles. The number of carbonyl (C=O) groups excluding carboxylic acids is 1. The Kier molecular flexibility index (Phi) is 3.36. The first-order valence-electron chi connectivity index (χ1n) is 4.60. The van der Waals surface area contributed by atoms with Crippen LogP contribution in [0.3, 0.4) is 0 Å². The van der Waals surface area contributed by atoms with Crippen LogP contribution in [0.1, 0.15) is 10.4 Å². The Hall–Kier alpha value is -1.20. The molecule has 0 fully saturated rings. The van der Waals surface area contributed by atoms with Gasteiger partial charge in [0.05, 0.1) is 9.35 Å². The van der Waals surface area contributed by atoms with E-state index in [1.165, 1.54) is 11.3 Å². The molecule has 0 aliphatic rings. The maximum absolute atomic E-state index is 12.0. The van der Waals surface area contributed by atoms with Crippen LogP contribution in [0.2, 0.25) is 0 Å². The van der Waals surface area contributed by atoms with E-state index in [0.29, 0.717) is 5.56 Å². The van der Waals surface area contributed by atoms with Gasteiger partial charge in [0.1, 0.15) is 0 Å². The van der Waals surface area contributed by atoms with Crippen LogP contribution in [0.25, 0.3) is 0 Å². The summed E-state index contributed by atoms with van der Waals surface area (Å²) in [7, 11) is 1.75. The second-order valence-electron chi connectivity index (χ2n) is 3.21. The number of pyridine rings is 1. The van der Waals surface area contributed by atoms with E-state index < -0.39 is 0 Å². The number of hydrogen-bond acceptors (Lipinski definition) is 3. The van der Waals surface area contributed by atoms with Crippen molar-refractivity contribution in [2.24, 2.45) is 0 Å². The van der Waals surface area contributed by atoms with Crippen LogP contribution in [0.15, 0.2) is 39.8 Å². The zero-order valence-corrected chi connectivity index (χ0v) is 11.0. The third-order valence-electron chi connectivity index (χ3n) is 2.17. The lowest BCUT2D eigenvalue weighted by Crippen LogP contribution is -2.25. The molecule has 82 valence electrons. The zero-order chi connectivity index (χ0) is 11.5. The number of nitrogens with zero attached hydrogens (tertiary/aromatic N) is 2. The van der Waals surface area contributed by atoms with Crippen molar-refractivity contribution >= 4 is 38.9 Å². The number of halogens is 1. The first kappa shape index (κ1) is 11.3. The van der Waals surface area contributed by atoms with Gasteiger partial charge in [0.25, 0.3) is 5.91 Å². The molecule has 0 aliphatic heterocycles. The molecular formula is C11H9BrN2OS. The summed E-state index contributed by atoms with van der Waals surface area (Å²) < 4.78 is 0.957. The molecule has 0 radical (unpaired) electrons. The fourth-order valence-electron chi connectivity index (χ4n) is 1.30. The van der Waals surface area contributed by atoms with Crippen LogP contribution in [0.5, 0.6) is 0 Å². The van der Waals surface area contributed by atoms with Crippen molar-refractivity contribution in [3.05, 3.63) is 45.3 Å². The van der Waals surface area contributed by atoms with Crippen molar-refractivity contribution in [3.63, 3.8) is 0 Å². The predicted molar refractivity (Wildman–Crippen MR) is 69.0 cm³/mol. The maximum Gasteiger partial charge on any atom is 0.258 e. The Morgan fingerprint density at radius 2 is 2.12 bits per heavy atom. The Labute approximate surface area is 106 Å². The van der Waals surface area contributed by atoms with Gasteiger partial charge in [-0.15, -0.1) is 11.3 Å². The summed E-state index contributed by atoms with van der Waals surface area (Å²) in [4.78, 5) is 17.6. The molecule has 0 bridgehead atoms. The highest BCUT2D eigenvalue weighted by Gasteiger charge is 2.14. The highest BCUT2D eigenvalue weighted by molar-refractivity contribution is 9.11. The summed E-state index contributed by atoms with van der Waals surface area (Å²) in [5.74, 6) is -0.0202. The summed E-state index contributed by atoms with van der Waals surface area (Å²) >= 11 is 4.85. The van der Waals surface area contributed by atoms with Gasteiger partial charge < -0.3 is 4.90 Å². The number of rotatable bonds is 2. The molecule has 0 saturated carbocycles. The maximum atomic E-state index is 12.0. The van der Waals surface area contributed by atoms with E-state index in [4.69, 9.17) is 0 Å². The van der Waals surface area contributed by atoms with Gasteiger partial charge in [0.15, 0.2) is 0 Å². The number of hydrogen-bond donors (Lipinski definition) is 0. The third kappa shape index (κ3) is 2.31. The smallest absolute Gasteiger partial charge is 0.258 e. The van der Waals surface area contributed by atoms with Gasteiger partial charge in [-0.05, 0) is 34.1 Å². The minimum Gasteiger partial charge on any atom is -0.311 e. The van der Waals surface area contributed by atoms with Crippen molar-refractivity contribution in [1.29, 1.82) is 0 Å². The average Bonchev–Trinajstić information content (AvgIpc) is 2.75. The molecule has 2 aromatic heterocycles. The number of thiophene rings is 1. The molecule has 0 aromatic carbocycles. The second kappa shape index (κ2) is 4.76. The number of carbonyl (C=O) groups is 1. The molecule has 16 heavy (non-hydrogen) atoms. The summed E-state index contributed by atoms with van der Waals surface area (Å²) in [6.45, 7) is 0. The van der Waals surface area contributed by atoms with Gasteiger partial charge >= 0.3 is 0 Å². The standard InChI is InChI=1S/C11H9BrN2OS/c1-14(9-2-4-13-5-3-9)11(15)8-6-10(12)16-7-8/h2-7H,1H3. The summed E-state index contributed by atoms with van der Waals surface area (Å²) in [5, 5.41) is 1.84. The number of aromatic nitrogens is 1. The fraction of sp³-hybridized carbons (Fsp3) is 0.0909. The molecule has 5 heteroatoms. The predicted octanol–water partition coefficient (Wildman–Crippen LogP) is 3.18. The van der Waals surface area contributed by atoms with Crippen molar-refractivity contribution in [3.8, 4) is 0 Å². The van der Waals surface area contributed by atoms with E-state index in [1.807, 2.05) is 11.4 Å². The molecule has 0 atom stereocenters. The quantitative estimate of drug-likeness (QED) is 0.853. The largest absolute Gasteiger partial charge is 0.311 e. The lowest BCUT2D eigenvalue weighted by molar-refractivity contribution is 0.0993. The first-order valence-corrected chi connectivity index (χ1v) is 6.28. The van der Waals surface area contributed by atoms with E-state index in [9.17, 15) is 4.79 Å². The molecule has 0 unspecified atom stereocenters. The van der Waals surface area contributed by atoms with E-state index in [-0.39, 0.29) is 5.91 Å². The van der Waals surface area contributed by atoms with Crippen LogP contribution in [0.4, 0.5) is 5.69 Å². The monoisotopic (exact) mass is 296 g/mol. The van der Waals surface area contributed by atoms with Gasteiger partial charge in [-0.2, -0.15) is 0 Å². The Balaban J connectivity index is 2.23. The summed E-state index contributed by atoms with van der Waals surface area (Å²) in [5.41, 5.74) is 1.53. The highest BCUT2D eigenvalue weighted by atomic mass is 79.9. The minimum atomic E-state index is -0.0202. The Morgan fingerprint density at radius 1 is 1.44 bits per heavy atom. The molecule has 2 heterocycles. The second-order valence-corrected chi connectivity index (χ2v) is 5.50. The molecule has 2 aromatic rings. The third-order valence-corrected chi connectivity index (χ3v) is 3.67. The first-order chi connectivity index (χ1) is 7.68. The van der Waals surface area contributed by atoms with Crippen LogP contribution in [0, 0.1) is 0 Å². The van der Waals surface area contributed by atoms with Crippen molar-refractivity contribution in [2.45, 2.75) is 0 Å². The van der Waals surface area contributed by atoms with Gasteiger partial charge in [0.2, 0.25) is 0 Å². The normalized spacial score (nSPS) is 10.1. The lowest BCUT2D eigenvalue weighted by atomic mass is 10.3.